The lowest BCUT2D eigenvalue weighted by atomic mass is 10.0. The molecule has 1 rings (SSSR count). The highest BCUT2D eigenvalue weighted by molar-refractivity contribution is 5.95. The van der Waals surface area contributed by atoms with Gasteiger partial charge in [0.25, 0.3) is 0 Å². The first-order valence-corrected chi connectivity index (χ1v) is 6.58. The zero-order valence-electron chi connectivity index (χ0n) is 11.6. The number of imide groups is 1. The number of carboxylic acid groups (broad SMARTS) is 1. The smallest absolute Gasteiger partial charge is 0.321 e. The van der Waals surface area contributed by atoms with Crippen molar-refractivity contribution in [3.05, 3.63) is 0 Å². The Morgan fingerprint density at radius 2 is 2.10 bits per heavy atom. The average molecular weight is 287 g/mol. The monoisotopic (exact) mass is 287 g/mol. The van der Waals surface area contributed by atoms with E-state index in [4.69, 9.17) is 9.84 Å². The number of piperidine rings is 1. The molecule has 0 aromatic rings. The summed E-state index contributed by atoms with van der Waals surface area (Å²) >= 11 is 0. The predicted octanol–water partition coefficient (Wildman–Crippen LogP) is -0.602. The number of hydrogen-bond donors (Lipinski definition) is 3. The zero-order valence-corrected chi connectivity index (χ0v) is 11.6. The normalized spacial score (nSPS) is 19.4. The summed E-state index contributed by atoms with van der Waals surface area (Å²) in [5.41, 5.74) is 0. The van der Waals surface area contributed by atoms with Crippen molar-refractivity contribution >= 4 is 17.9 Å². The van der Waals surface area contributed by atoms with Gasteiger partial charge in [-0.3, -0.25) is 19.8 Å². The van der Waals surface area contributed by atoms with Gasteiger partial charge in [-0.25, -0.2) is 4.79 Å². The molecule has 20 heavy (non-hydrogen) atoms. The molecule has 1 unspecified atom stereocenters. The number of aliphatic carboxylic acids is 1. The van der Waals surface area contributed by atoms with E-state index in [9.17, 15) is 14.4 Å². The van der Waals surface area contributed by atoms with Crippen LogP contribution in [0.25, 0.3) is 0 Å². The second-order valence-corrected chi connectivity index (χ2v) is 4.62. The Morgan fingerprint density at radius 1 is 1.35 bits per heavy atom. The number of carboxylic acids is 1. The first-order chi connectivity index (χ1) is 9.54. The lowest BCUT2D eigenvalue weighted by Crippen LogP contribution is -2.51. The molecule has 0 aromatic heterocycles. The molecule has 1 aliphatic rings. The number of likely N-dealkylation sites (tertiary alicyclic amines) is 1. The summed E-state index contributed by atoms with van der Waals surface area (Å²) in [5, 5.41) is 13.7. The molecule has 8 nitrogen and oxygen atoms in total. The number of ether oxygens (including phenoxy) is 1. The fraction of sp³-hybridized carbons (Fsp3) is 0.750. The molecule has 1 atom stereocenters. The van der Waals surface area contributed by atoms with Crippen LogP contribution in [0.15, 0.2) is 0 Å². The Labute approximate surface area is 117 Å². The third-order valence-corrected chi connectivity index (χ3v) is 3.09. The zero-order chi connectivity index (χ0) is 15.0. The second kappa shape index (κ2) is 8.49. The molecule has 8 heteroatoms. The summed E-state index contributed by atoms with van der Waals surface area (Å²) in [5.74, 6) is -1.44. The lowest BCUT2D eigenvalue weighted by Gasteiger charge is -2.31. The van der Waals surface area contributed by atoms with Crippen molar-refractivity contribution in [2.45, 2.75) is 25.3 Å². The van der Waals surface area contributed by atoms with Gasteiger partial charge in [0.05, 0.1) is 13.2 Å². The Kier molecular flexibility index (Phi) is 6.96. The van der Waals surface area contributed by atoms with Crippen LogP contribution < -0.4 is 10.6 Å². The summed E-state index contributed by atoms with van der Waals surface area (Å²) < 4.78 is 4.76. The minimum absolute atomic E-state index is 0.0886. The maximum absolute atomic E-state index is 11.7. The van der Waals surface area contributed by atoms with Gasteiger partial charge in [0.15, 0.2) is 0 Å². The molecule has 1 heterocycles. The Balaban J connectivity index is 2.36. The number of carbonyl (C=O) groups excluding carboxylic acids is 2. The SMILES string of the molecule is COCCNC(=O)NC(=O)CN1CCCCC1C(=O)O. The Bertz CT molecular complexity index is 361. The summed E-state index contributed by atoms with van der Waals surface area (Å²) in [4.78, 5) is 35.7. The number of nitrogens with one attached hydrogen (secondary N) is 2. The van der Waals surface area contributed by atoms with Crippen molar-refractivity contribution in [3.63, 3.8) is 0 Å². The number of amides is 3. The molecule has 1 aliphatic heterocycles. The fourth-order valence-corrected chi connectivity index (χ4v) is 2.12. The molecule has 0 radical (unpaired) electrons. The van der Waals surface area contributed by atoms with Gasteiger partial charge >= 0.3 is 12.0 Å². The van der Waals surface area contributed by atoms with Crippen molar-refractivity contribution in [1.82, 2.24) is 15.5 Å². The fourth-order valence-electron chi connectivity index (χ4n) is 2.12. The van der Waals surface area contributed by atoms with Crippen molar-refractivity contribution < 1.29 is 24.2 Å². The minimum atomic E-state index is -0.929. The van der Waals surface area contributed by atoms with E-state index in [1.807, 2.05) is 0 Å². The molecule has 114 valence electrons. The molecule has 3 N–H and O–H groups in total. The summed E-state index contributed by atoms with van der Waals surface area (Å²) in [7, 11) is 1.51. The quantitative estimate of drug-likeness (QED) is 0.563. The Morgan fingerprint density at radius 3 is 2.75 bits per heavy atom. The predicted molar refractivity (Wildman–Crippen MR) is 70.3 cm³/mol. The second-order valence-electron chi connectivity index (χ2n) is 4.62. The number of methoxy groups -OCH3 is 1. The summed E-state index contributed by atoms with van der Waals surface area (Å²) in [6, 6.07) is -1.25. The van der Waals surface area contributed by atoms with Crippen LogP contribution in [-0.4, -0.2) is 67.3 Å². The van der Waals surface area contributed by atoms with Gasteiger partial charge in [0.2, 0.25) is 5.91 Å². The first kappa shape index (κ1) is 16.4. The van der Waals surface area contributed by atoms with E-state index in [-0.39, 0.29) is 6.54 Å². The summed E-state index contributed by atoms with van der Waals surface area (Å²) in [6.07, 6.45) is 2.23. The number of carbonyl (C=O) groups is 3. The Hall–Kier alpha value is -1.67. The molecule has 1 saturated heterocycles. The van der Waals surface area contributed by atoms with Gasteiger partial charge in [-0.1, -0.05) is 6.42 Å². The molecular formula is C12H21N3O5. The molecule has 0 aliphatic carbocycles. The van der Waals surface area contributed by atoms with Crippen LogP contribution in [-0.2, 0) is 14.3 Å². The third-order valence-electron chi connectivity index (χ3n) is 3.09. The molecule has 0 aromatic carbocycles. The van der Waals surface area contributed by atoms with E-state index in [1.54, 1.807) is 4.90 Å². The molecule has 0 bridgehead atoms. The lowest BCUT2D eigenvalue weighted by molar-refractivity contribution is -0.145. The highest BCUT2D eigenvalue weighted by Crippen LogP contribution is 2.16. The van der Waals surface area contributed by atoms with Crippen LogP contribution in [0.4, 0.5) is 4.79 Å². The van der Waals surface area contributed by atoms with E-state index >= 15 is 0 Å². The van der Waals surface area contributed by atoms with Crippen LogP contribution in [0.1, 0.15) is 19.3 Å². The van der Waals surface area contributed by atoms with Crippen molar-refractivity contribution in [1.29, 1.82) is 0 Å². The maximum Gasteiger partial charge on any atom is 0.321 e. The average Bonchev–Trinajstić information content (AvgIpc) is 2.39. The van der Waals surface area contributed by atoms with Crippen LogP contribution >= 0.6 is 0 Å². The number of rotatable bonds is 6. The van der Waals surface area contributed by atoms with E-state index in [0.717, 1.165) is 12.8 Å². The number of urea groups is 1. The first-order valence-electron chi connectivity index (χ1n) is 6.58. The van der Waals surface area contributed by atoms with Crippen LogP contribution in [0.5, 0.6) is 0 Å². The van der Waals surface area contributed by atoms with Gasteiger partial charge in [-0.15, -0.1) is 0 Å². The van der Waals surface area contributed by atoms with E-state index in [0.29, 0.717) is 26.1 Å². The van der Waals surface area contributed by atoms with Gasteiger partial charge in [0, 0.05) is 13.7 Å². The molecule has 3 amide bonds. The van der Waals surface area contributed by atoms with E-state index < -0.39 is 23.9 Å². The maximum atomic E-state index is 11.7. The van der Waals surface area contributed by atoms with Crippen LogP contribution in [0, 0.1) is 0 Å². The topological polar surface area (TPSA) is 108 Å². The molecule has 1 fully saturated rings. The van der Waals surface area contributed by atoms with Gasteiger partial charge in [-0.05, 0) is 19.4 Å². The van der Waals surface area contributed by atoms with Crippen LogP contribution in [0.2, 0.25) is 0 Å². The van der Waals surface area contributed by atoms with Gasteiger partial charge < -0.3 is 15.2 Å². The van der Waals surface area contributed by atoms with E-state index in [2.05, 4.69) is 10.6 Å². The van der Waals surface area contributed by atoms with Gasteiger partial charge in [-0.2, -0.15) is 0 Å². The summed E-state index contributed by atoms with van der Waals surface area (Å²) in [6.45, 7) is 1.12. The van der Waals surface area contributed by atoms with E-state index in [1.165, 1.54) is 7.11 Å². The molecular weight excluding hydrogens is 266 g/mol. The minimum Gasteiger partial charge on any atom is -0.480 e. The van der Waals surface area contributed by atoms with Crippen molar-refractivity contribution in [2.75, 3.05) is 33.4 Å². The van der Waals surface area contributed by atoms with Crippen LogP contribution in [0.3, 0.4) is 0 Å². The third kappa shape index (κ3) is 5.54. The number of nitrogens with zero attached hydrogens (tertiary/aromatic N) is 1. The van der Waals surface area contributed by atoms with Gasteiger partial charge in [0.1, 0.15) is 6.04 Å². The van der Waals surface area contributed by atoms with Crippen molar-refractivity contribution in [2.24, 2.45) is 0 Å². The highest BCUT2D eigenvalue weighted by Gasteiger charge is 2.29. The largest absolute Gasteiger partial charge is 0.480 e. The van der Waals surface area contributed by atoms with Crippen molar-refractivity contribution in [3.8, 4) is 0 Å². The number of hydrogen-bond acceptors (Lipinski definition) is 5. The highest BCUT2D eigenvalue weighted by atomic mass is 16.5. The molecule has 0 spiro atoms. The standard InChI is InChI=1S/C12H21N3O5/c1-20-7-5-13-12(19)14-10(16)8-15-6-3-2-4-9(15)11(17)18/h9H,2-8H2,1H3,(H,17,18)(H2,13,14,16,19). The molecule has 0 saturated carbocycles.